The van der Waals surface area contributed by atoms with E-state index < -0.39 is 0 Å². The van der Waals surface area contributed by atoms with Gasteiger partial charge in [-0.1, -0.05) is 0 Å². The zero-order chi connectivity index (χ0) is 14.5. The van der Waals surface area contributed by atoms with Gasteiger partial charge in [0.1, 0.15) is 0 Å². The molecule has 0 unspecified atom stereocenters. The lowest BCUT2D eigenvalue weighted by atomic mass is 10.2. The lowest BCUT2D eigenvalue weighted by Gasteiger charge is -2.05. The van der Waals surface area contributed by atoms with Gasteiger partial charge < -0.3 is 10.6 Å². The number of hydrogen-bond acceptors (Lipinski definition) is 3. The fraction of sp³-hybridized carbons (Fsp3) is 0.143. The Morgan fingerprint density at radius 3 is 2.35 bits per heavy atom. The van der Waals surface area contributed by atoms with Crippen LogP contribution in [0.3, 0.4) is 0 Å². The third kappa shape index (κ3) is 3.68. The molecule has 1 heterocycles. The highest BCUT2D eigenvalue weighted by atomic mass is 79.9. The molecule has 0 radical (unpaired) electrons. The molecule has 1 aromatic carbocycles. The average Bonchev–Trinajstić information content (AvgIpc) is 2.86. The van der Waals surface area contributed by atoms with Crippen LogP contribution in [0, 0.1) is 0 Å². The standard InChI is InChI=1S/C14H13BrN2O2S/c1-2-16-13(18)9-3-5-10(6-4-9)17-14(19)11-7-8-12(15)20-11/h3-8H,2H2,1H3,(H,16,18)(H,17,19). The van der Waals surface area contributed by atoms with Gasteiger partial charge in [0.2, 0.25) is 0 Å². The van der Waals surface area contributed by atoms with E-state index in [1.54, 1.807) is 30.3 Å². The molecule has 2 aromatic rings. The van der Waals surface area contributed by atoms with E-state index in [9.17, 15) is 9.59 Å². The number of carbonyl (C=O) groups excluding carboxylic acids is 2. The monoisotopic (exact) mass is 352 g/mol. The topological polar surface area (TPSA) is 58.2 Å². The number of benzene rings is 1. The zero-order valence-corrected chi connectivity index (χ0v) is 13.2. The molecule has 2 N–H and O–H groups in total. The first kappa shape index (κ1) is 14.7. The molecule has 0 aliphatic heterocycles. The Morgan fingerprint density at radius 2 is 1.80 bits per heavy atom. The number of carbonyl (C=O) groups is 2. The summed E-state index contributed by atoms with van der Waals surface area (Å²) < 4.78 is 0.911. The van der Waals surface area contributed by atoms with E-state index in [1.165, 1.54) is 11.3 Å². The lowest BCUT2D eigenvalue weighted by molar-refractivity contribution is 0.0955. The number of hydrogen-bond donors (Lipinski definition) is 2. The molecule has 0 atom stereocenters. The van der Waals surface area contributed by atoms with E-state index in [2.05, 4.69) is 26.6 Å². The Labute approximate surface area is 129 Å². The predicted molar refractivity (Wildman–Crippen MR) is 84.4 cm³/mol. The smallest absolute Gasteiger partial charge is 0.265 e. The Kier molecular flexibility index (Phi) is 4.92. The van der Waals surface area contributed by atoms with Crippen molar-refractivity contribution in [2.45, 2.75) is 6.92 Å². The number of thiophene rings is 1. The molecule has 0 spiro atoms. The zero-order valence-electron chi connectivity index (χ0n) is 10.8. The van der Waals surface area contributed by atoms with Crippen molar-refractivity contribution in [3.63, 3.8) is 0 Å². The van der Waals surface area contributed by atoms with Crippen LogP contribution >= 0.6 is 27.3 Å². The minimum atomic E-state index is -0.161. The molecule has 4 nitrogen and oxygen atoms in total. The first-order chi connectivity index (χ1) is 9.60. The highest BCUT2D eigenvalue weighted by Gasteiger charge is 2.09. The minimum absolute atomic E-state index is 0.118. The Morgan fingerprint density at radius 1 is 1.10 bits per heavy atom. The van der Waals surface area contributed by atoms with Crippen molar-refractivity contribution in [1.29, 1.82) is 0 Å². The van der Waals surface area contributed by atoms with E-state index in [1.807, 2.05) is 13.0 Å². The van der Waals surface area contributed by atoms with Crippen LogP contribution in [-0.2, 0) is 0 Å². The Balaban J connectivity index is 2.04. The Hall–Kier alpha value is -1.66. The largest absolute Gasteiger partial charge is 0.352 e. The van der Waals surface area contributed by atoms with Crippen LogP contribution in [0.4, 0.5) is 5.69 Å². The average molecular weight is 353 g/mol. The SMILES string of the molecule is CCNC(=O)c1ccc(NC(=O)c2ccc(Br)s2)cc1. The van der Waals surface area contributed by atoms with Crippen molar-refractivity contribution < 1.29 is 9.59 Å². The summed E-state index contributed by atoms with van der Waals surface area (Å²) in [5.74, 6) is -0.279. The quantitative estimate of drug-likeness (QED) is 0.884. The van der Waals surface area contributed by atoms with Gasteiger partial charge in [0.25, 0.3) is 11.8 Å². The van der Waals surface area contributed by atoms with Gasteiger partial charge in [-0.3, -0.25) is 9.59 Å². The summed E-state index contributed by atoms with van der Waals surface area (Å²) in [5, 5.41) is 5.51. The van der Waals surface area contributed by atoms with Gasteiger partial charge in [0.15, 0.2) is 0 Å². The van der Waals surface area contributed by atoms with Gasteiger partial charge in [-0.15, -0.1) is 11.3 Å². The second-order valence-electron chi connectivity index (χ2n) is 3.99. The second kappa shape index (κ2) is 6.67. The summed E-state index contributed by atoms with van der Waals surface area (Å²) in [5.41, 5.74) is 1.23. The lowest BCUT2D eigenvalue weighted by Crippen LogP contribution is -2.22. The van der Waals surface area contributed by atoms with Gasteiger partial charge >= 0.3 is 0 Å². The maximum Gasteiger partial charge on any atom is 0.265 e. The molecule has 6 heteroatoms. The number of nitrogens with one attached hydrogen (secondary N) is 2. The van der Waals surface area contributed by atoms with Gasteiger partial charge in [0.05, 0.1) is 8.66 Å². The predicted octanol–water partition coefficient (Wildman–Crippen LogP) is 3.51. The highest BCUT2D eigenvalue weighted by Crippen LogP contribution is 2.23. The van der Waals surface area contributed by atoms with Crippen molar-refractivity contribution in [2.24, 2.45) is 0 Å². The molecule has 2 amide bonds. The summed E-state index contributed by atoms with van der Waals surface area (Å²) in [6, 6.07) is 10.4. The molecule has 0 aliphatic rings. The molecule has 0 saturated carbocycles. The fourth-order valence-corrected chi connectivity index (χ4v) is 2.88. The number of rotatable bonds is 4. The molecule has 20 heavy (non-hydrogen) atoms. The maximum atomic E-state index is 11.9. The van der Waals surface area contributed by atoms with E-state index >= 15 is 0 Å². The second-order valence-corrected chi connectivity index (χ2v) is 6.46. The molecule has 2 rings (SSSR count). The molecule has 0 saturated heterocycles. The van der Waals surface area contributed by atoms with E-state index in [0.29, 0.717) is 22.7 Å². The first-order valence-corrected chi connectivity index (χ1v) is 7.66. The van der Waals surface area contributed by atoms with Crippen LogP contribution in [0.1, 0.15) is 27.0 Å². The number of anilines is 1. The molecule has 104 valence electrons. The van der Waals surface area contributed by atoms with E-state index in [-0.39, 0.29) is 11.8 Å². The third-order valence-electron chi connectivity index (χ3n) is 2.54. The van der Waals surface area contributed by atoms with Crippen molar-refractivity contribution in [1.82, 2.24) is 5.32 Å². The summed E-state index contributed by atoms with van der Waals surface area (Å²) in [6.07, 6.45) is 0. The van der Waals surface area contributed by atoms with Crippen molar-refractivity contribution in [3.8, 4) is 0 Å². The van der Waals surface area contributed by atoms with Gasteiger partial charge in [-0.05, 0) is 59.3 Å². The molecule has 1 aromatic heterocycles. The summed E-state index contributed by atoms with van der Waals surface area (Å²) in [4.78, 5) is 24.2. The van der Waals surface area contributed by atoms with Crippen LogP contribution in [0.5, 0.6) is 0 Å². The van der Waals surface area contributed by atoms with Crippen LogP contribution in [0.2, 0.25) is 0 Å². The highest BCUT2D eigenvalue weighted by molar-refractivity contribution is 9.11. The summed E-state index contributed by atoms with van der Waals surface area (Å²) in [7, 11) is 0. The maximum absolute atomic E-state index is 11.9. The molecular formula is C14H13BrN2O2S. The van der Waals surface area contributed by atoms with Crippen LogP contribution in [-0.4, -0.2) is 18.4 Å². The van der Waals surface area contributed by atoms with Crippen molar-refractivity contribution in [2.75, 3.05) is 11.9 Å². The molecular weight excluding hydrogens is 340 g/mol. The van der Waals surface area contributed by atoms with Crippen LogP contribution in [0.25, 0.3) is 0 Å². The van der Waals surface area contributed by atoms with Crippen molar-refractivity contribution in [3.05, 3.63) is 50.6 Å². The third-order valence-corrected chi connectivity index (χ3v) is 4.16. The van der Waals surface area contributed by atoms with E-state index in [0.717, 1.165) is 3.79 Å². The number of amides is 2. The molecule has 0 fully saturated rings. The summed E-state index contributed by atoms with van der Waals surface area (Å²) in [6.45, 7) is 2.45. The molecule has 0 aliphatic carbocycles. The van der Waals surface area contributed by atoms with Gasteiger partial charge in [-0.2, -0.15) is 0 Å². The first-order valence-electron chi connectivity index (χ1n) is 6.05. The fourth-order valence-electron chi connectivity index (χ4n) is 1.60. The van der Waals surface area contributed by atoms with Crippen molar-refractivity contribution >= 4 is 44.8 Å². The number of halogens is 1. The summed E-state index contributed by atoms with van der Waals surface area (Å²) >= 11 is 4.69. The molecule has 0 bridgehead atoms. The van der Waals surface area contributed by atoms with E-state index in [4.69, 9.17) is 0 Å². The normalized spacial score (nSPS) is 10.1. The van der Waals surface area contributed by atoms with Crippen LogP contribution in [0.15, 0.2) is 40.2 Å². The van der Waals surface area contributed by atoms with Crippen LogP contribution < -0.4 is 10.6 Å². The minimum Gasteiger partial charge on any atom is -0.352 e. The van der Waals surface area contributed by atoms with Gasteiger partial charge in [0, 0.05) is 17.8 Å². The van der Waals surface area contributed by atoms with Gasteiger partial charge in [-0.25, -0.2) is 0 Å². The Bertz CT molecular complexity index is 622.